The number of hydrazine groups is 1. The summed E-state index contributed by atoms with van der Waals surface area (Å²) in [4.78, 5) is 31.6. The standard InChI is InChI=1S/C26H21N5O3/c27-31-26(34)21-15-24(30-23-11-13-28-16-22(21)23)19-7-3-17(4-8-19)1-2-18-5-9-20(10-6-18)29-14-12-25(32)33/h3-11,13,15-16,29H,12,14,27H2,(H,31,34)(H,32,33). The number of nitrogens with zero attached hydrogens (tertiary/aromatic N) is 2. The van der Waals surface area contributed by atoms with Gasteiger partial charge in [-0.2, -0.15) is 0 Å². The molecule has 2 heterocycles. The topological polar surface area (TPSA) is 130 Å². The van der Waals surface area contributed by atoms with Crippen LogP contribution in [0.1, 0.15) is 27.9 Å². The Morgan fingerprint density at radius 2 is 1.65 bits per heavy atom. The first-order valence-corrected chi connectivity index (χ1v) is 10.5. The summed E-state index contributed by atoms with van der Waals surface area (Å²) in [5, 5.41) is 12.4. The van der Waals surface area contributed by atoms with Gasteiger partial charge in [0.15, 0.2) is 0 Å². The predicted octanol–water partition coefficient (Wildman–Crippen LogP) is 3.19. The van der Waals surface area contributed by atoms with Crippen LogP contribution in [-0.4, -0.2) is 33.5 Å². The summed E-state index contributed by atoms with van der Waals surface area (Å²) >= 11 is 0. The minimum Gasteiger partial charge on any atom is -0.481 e. The lowest BCUT2D eigenvalue weighted by Crippen LogP contribution is -2.30. The van der Waals surface area contributed by atoms with Crippen LogP contribution in [0.25, 0.3) is 22.2 Å². The zero-order chi connectivity index (χ0) is 23.9. The van der Waals surface area contributed by atoms with Gasteiger partial charge in [0.25, 0.3) is 5.91 Å². The van der Waals surface area contributed by atoms with Crippen LogP contribution in [0.5, 0.6) is 0 Å². The highest BCUT2D eigenvalue weighted by atomic mass is 16.4. The smallest absolute Gasteiger partial charge is 0.305 e. The van der Waals surface area contributed by atoms with Gasteiger partial charge in [-0.25, -0.2) is 10.8 Å². The fourth-order valence-electron chi connectivity index (χ4n) is 3.34. The minimum absolute atomic E-state index is 0.0605. The molecular formula is C26H21N5O3. The van der Waals surface area contributed by atoms with Crippen LogP contribution in [0.4, 0.5) is 5.69 Å². The molecule has 8 heteroatoms. The Morgan fingerprint density at radius 3 is 2.29 bits per heavy atom. The Bertz CT molecular complexity index is 1400. The van der Waals surface area contributed by atoms with Crippen molar-refractivity contribution in [3.05, 3.63) is 89.7 Å². The maximum Gasteiger partial charge on any atom is 0.305 e. The van der Waals surface area contributed by atoms with E-state index in [2.05, 4.69) is 32.6 Å². The first-order chi connectivity index (χ1) is 16.5. The first-order valence-electron chi connectivity index (χ1n) is 10.5. The van der Waals surface area contributed by atoms with Gasteiger partial charge in [0, 0.05) is 46.7 Å². The molecule has 5 N–H and O–H groups in total. The highest BCUT2D eigenvalue weighted by Crippen LogP contribution is 2.24. The largest absolute Gasteiger partial charge is 0.481 e. The number of nitrogen functional groups attached to an aromatic ring is 1. The van der Waals surface area contributed by atoms with E-state index >= 15 is 0 Å². The number of hydrogen-bond donors (Lipinski definition) is 4. The highest BCUT2D eigenvalue weighted by Gasteiger charge is 2.13. The van der Waals surface area contributed by atoms with E-state index in [0.29, 0.717) is 28.7 Å². The molecule has 2 aromatic carbocycles. The fourth-order valence-corrected chi connectivity index (χ4v) is 3.34. The number of nitrogens with two attached hydrogens (primary N) is 1. The zero-order valence-electron chi connectivity index (χ0n) is 18.1. The molecule has 1 amide bonds. The molecule has 0 aliphatic rings. The van der Waals surface area contributed by atoms with E-state index in [1.54, 1.807) is 24.5 Å². The van der Waals surface area contributed by atoms with E-state index in [4.69, 9.17) is 10.9 Å². The monoisotopic (exact) mass is 451 g/mol. The van der Waals surface area contributed by atoms with E-state index < -0.39 is 11.9 Å². The second-order valence-corrected chi connectivity index (χ2v) is 7.40. The summed E-state index contributed by atoms with van der Waals surface area (Å²) in [6, 6.07) is 18.5. The van der Waals surface area contributed by atoms with Crippen molar-refractivity contribution >= 4 is 28.5 Å². The molecule has 2 aromatic heterocycles. The van der Waals surface area contributed by atoms with Gasteiger partial charge in [-0.3, -0.25) is 20.0 Å². The number of carboxylic acids is 1. The summed E-state index contributed by atoms with van der Waals surface area (Å²) in [6.07, 6.45) is 3.28. The Balaban J connectivity index is 1.51. The molecule has 0 saturated heterocycles. The molecule has 34 heavy (non-hydrogen) atoms. The second-order valence-electron chi connectivity index (χ2n) is 7.40. The SMILES string of the molecule is NNC(=O)c1cc(-c2ccc(C#Cc3ccc(NCCC(=O)O)cc3)cc2)nc2ccncc12. The molecule has 0 aliphatic heterocycles. The molecule has 0 aliphatic carbocycles. The molecule has 0 bridgehead atoms. The van der Waals surface area contributed by atoms with E-state index in [0.717, 1.165) is 22.4 Å². The number of hydrogen-bond acceptors (Lipinski definition) is 6. The third kappa shape index (κ3) is 5.35. The van der Waals surface area contributed by atoms with Crippen LogP contribution in [0, 0.1) is 11.8 Å². The Morgan fingerprint density at radius 1 is 0.971 bits per heavy atom. The number of rotatable bonds is 6. The Labute approximate surface area is 195 Å². The Kier molecular flexibility index (Phi) is 6.77. The second kappa shape index (κ2) is 10.3. The average Bonchev–Trinajstić information content (AvgIpc) is 2.87. The summed E-state index contributed by atoms with van der Waals surface area (Å²) in [7, 11) is 0. The number of carboxylic acid groups (broad SMARTS) is 1. The van der Waals surface area contributed by atoms with Gasteiger partial charge in [-0.05, 0) is 48.5 Å². The molecular weight excluding hydrogens is 430 g/mol. The number of aliphatic carboxylic acids is 1. The number of amides is 1. The molecule has 4 aromatic rings. The molecule has 168 valence electrons. The lowest BCUT2D eigenvalue weighted by Gasteiger charge is -2.08. The molecule has 4 rings (SSSR count). The average molecular weight is 451 g/mol. The number of aromatic nitrogens is 2. The Hall–Kier alpha value is -4.74. The maximum atomic E-state index is 12.2. The van der Waals surface area contributed by atoms with E-state index in [9.17, 15) is 9.59 Å². The summed E-state index contributed by atoms with van der Waals surface area (Å²) in [5.74, 6) is 10.3. The van der Waals surface area contributed by atoms with Crippen LogP contribution in [-0.2, 0) is 4.79 Å². The molecule has 0 unspecified atom stereocenters. The predicted molar refractivity (Wildman–Crippen MR) is 130 cm³/mol. The quantitative estimate of drug-likeness (QED) is 0.153. The first kappa shape index (κ1) is 22.5. The van der Waals surface area contributed by atoms with Crippen LogP contribution >= 0.6 is 0 Å². The minimum atomic E-state index is -0.837. The lowest BCUT2D eigenvalue weighted by molar-refractivity contribution is -0.136. The van der Waals surface area contributed by atoms with Crippen molar-refractivity contribution < 1.29 is 14.7 Å². The third-order valence-electron chi connectivity index (χ3n) is 5.07. The van der Waals surface area contributed by atoms with Gasteiger partial charge in [0.1, 0.15) is 0 Å². The van der Waals surface area contributed by atoms with E-state index in [1.165, 1.54) is 0 Å². The molecule has 0 fully saturated rings. The fraction of sp³-hybridized carbons (Fsp3) is 0.0769. The van der Waals surface area contributed by atoms with Crippen molar-refractivity contribution in [2.75, 3.05) is 11.9 Å². The number of nitrogens with one attached hydrogen (secondary N) is 2. The third-order valence-corrected chi connectivity index (χ3v) is 5.07. The number of fused-ring (bicyclic) bond motifs is 1. The van der Waals surface area contributed by atoms with E-state index in [-0.39, 0.29) is 6.42 Å². The molecule has 0 radical (unpaired) electrons. The summed E-state index contributed by atoms with van der Waals surface area (Å²) in [6.45, 7) is 0.369. The number of carbonyl (C=O) groups is 2. The summed E-state index contributed by atoms with van der Waals surface area (Å²) in [5.41, 5.74) is 7.22. The lowest BCUT2D eigenvalue weighted by atomic mass is 10.0. The number of anilines is 1. The maximum absolute atomic E-state index is 12.2. The van der Waals surface area contributed by atoms with Crippen molar-refractivity contribution in [2.24, 2.45) is 5.84 Å². The van der Waals surface area contributed by atoms with Crippen molar-refractivity contribution in [3.63, 3.8) is 0 Å². The van der Waals surface area contributed by atoms with Gasteiger partial charge in [-0.1, -0.05) is 24.0 Å². The molecule has 8 nitrogen and oxygen atoms in total. The van der Waals surface area contributed by atoms with Crippen LogP contribution in [0.15, 0.2) is 73.1 Å². The molecule has 0 saturated carbocycles. The zero-order valence-corrected chi connectivity index (χ0v) is 18.1. The van der Waals surface area contributed by atoms with Gasteiger partial charge >= 0.3 is 5.97 Å². The van der Waals surface area contributed by atoms with Crippen LogP contribution in [0.3, 0.4) is 0 Å². The van der Waals surface area contributed by atoms with Crippen molar-refractivity contribution in [1.29, 1.82) is 0 Å². The summed E-state index contributed by atoms with van der Waals surface area (Å²) < 4.78 is 0. The van der Waals surface area contributed by atoms with Gasteiger partial charge in [0.05, 0.1) is 23.2 Å². The van der Waals surface area contributed by atoms with Gasteiger partial charge in [-0.15, -0.1) is 0 Å². The van der Waals surface area contributed by atoms with Crippen molar-refractivity contribution in [2.45, 2.75) is 6.42 Å². The molecule has 0 spiro atoms. The normalized spacial score (nSPS) is 10.3. The highest BCUT2D eigenvalue weighted by molar-refractivity contribution is 6.06. The van der Waals surface area contributed by atoms with E-state index in [1.807, 2.05) is 48.5 Å². The van der Waals surface area contributed by atoms with Crippen LogP contribution < -0.4 is 16.6 Å². The van der Waals surface area contributed by atoms with Gasteiger partial charge in [0.2, 0.25) is 0 Å². The molecule has 0 atom stereocenters. The van der Waals surface area contributed by atoms with Crippen LogP contribution in [0.2, 0.25) is 0 Å². The van der Waals surface area contributed by atoms with Crippen molar-refractivity contribution in [1.82, 2.24) is 15.4 Å². The number of benzene rings is 2. The van der Waals surface area contributed by atoms with Crippen molar-refractivity contribution in [3.8, 4) is 23.1 Å². The number of pyridine rings is 2. The number of carbonyl (C=O) groups excluding carboxylic acids is 1. The van der Waals surface area contributed by atoms with Gasteiger partial charge < -0.3 is 10.4 Å².